The third-order valence-electron chi connectivity index (χ3n) is 5.00. The molecule has 0 saturated carbocycles. The zero-order valence-corrected chi connectivity index (χ0v) is 16.3. The minimum absolute atomic E-state index is 0.110. The Bertz CT molecular complexity index is 926. The molecule has 2 aromatic carbocycles. The highest BCUT2D eigenvalue weighted by Crippen LogP contribution is 2.32. The van der Waals surface area contributed by atoms with Gasteiger partial charge in [0.2, 0.25) is 5.91 Å². The van der Waals surface area contributed by atoms with Gasteiger partial charge in [-0.05, 0) is 55.8 Å². The van der Waals surface area contributed by atoms with E-state index in [-0.39, 0.29) is 24.6 Å². The molecule has 29 heavy (non-hydrogen) atoms. The maximum absolute atomic E-state index is 13.0. The third kappa shape index (κ3) is 4.06. The van der Waals surface area contributed by atoms with Crippen LogP contribution in [0.2, 0.25) is 0 Å². The molecule has 1 aliphatic heterocycles. The number of benzene rings is 2. The molecule has 5 nitrogen and oxygen atoms in total. The first-order valence-electron chi connectivity index (χ1n) is 9.07. The average molecular weight is 406 g/mol. The lowest BCUT2D eigenvalue weighted by Crippen LogP contribution is -2.57. The lowest BCUT2D eigenvalue weighted by atomic mass is 10.1. The van der Waals surface area contributed by atoms with E-state index < -0.39 is 23.7 Å². The van der Waals surface area contributed by atoms with Gasteiger partial charge in [0, 0.05) is 18.7 Å². The summed E-state index contributed by atoms with van der Waals surface area (Å²) in [6.45, 7) is 4.03. The fraction of sp³-hybridized carbons (Fsp3) is 0.333. The van der Waals surface area contributed by atoms with Crippen molar-refractivity contribution in [3.8, 4) is 5.75 Å². The minimum Gasteiger partial charge on any atom is -0.495 e. The van der Waals surface area contributed by atoms with E-state index >= 15 is 0 Å². The van der Waals surface area contributed by atoms with Crippen LogP contribution in [-0.4, -0.2) is 43.0 Å². The second-order valence-electron chi connectivity index (χ2n) is 6.91. The summed E-state index contributed by atoms with van der Waals surface area (Å²) in [5.74, 6) is -0.200. The monoisotopic (exact) mass is 406 g/mol. The molecule has 1 heterocycles. The van der Waals surface area contributed by atoms with Gasteiger partial charge in [-0.15, -0.1) is 0 Å². The van der Waals surface area contributed by atoms with E-state index in [1.165, 1.54) is 12.0 Å². The number of ether oxygens (including phenoxy) is 1. The summed E-state index contributed by atoms with van der Waals surface area (Å²) in [4.78, 5) is 28.7. The fourth-order valence-corrected chi connectivity index (χ4v) is 3.37. The number of halogens is 3. The van der Waals surface area contributed by atoms with E-state index in [0.29, 0.717) is 11.4 Å². The van der Waals surface area contributed by atoms with E-state index in [1.807, 2.05) is 19.1 Å². The van der Waals surface area contributed by atoms with Crippen molar-refractivity contribution >= 4 is 17.5 Å². The Morgan fingerprint density at radius 2 is 1.76 bits per heavy atom. The first kappa shape index (κ1) is 20.7. The lowest BCUT2D eigenvalue weighted by Gasteiger charge is -2.39. The summed E-state index contributed by atoms with van der Waals surface area (Å²) in [6, 6.07) is 8.75. The smallest absolute Gasteiger partial charge is 0.416 e. The van der Waals surface area contributed by atoms with Crippen LogP contribution in [-0.2, 0) is 11.0 Å². The molecule has 0 aromatic heterocycles. The van der Waals surface area contributed by atoms with Gasteiger partial charge in [-0.25, -0.2) is 0 Å². The fourth-order valence-electron chi connectivity index (χ4n) is 3.37. The normalized spacial score (nSPS) is 17.4. The third-order valence-corrected chi connectivity index (χ3v) is 5.00. The van der Waals surface area contributed by atoms with E-state index in [9.17, 15) is 22.8 Å². The van der Waals surface area contributed by atoms with E-state index in [0.717, 1.165) is 29.8 Å². The first-order chi connectivity index (χ1) is 13.6. The van der Waals surface area contributed by atoms with Gasteiger partial charge in [-0.2, -0.15) is 13.2 Å². The first-order valence-corrected chi connectivity index (χ1v) is 9.07. The van der Waals surface area contributed by atoms with Crippen molar-refractivity contribution in [3.05, 3.63) is 59.2 Å². The Labute approximate surface area is 166 Å². The van der Waals surface area contributed by atoms with Gasteiger partial charge >= 0.3 is 6.18 Å². The summed E-state index contributed by atoms with van der Waals surface area (Å²) in [7, 11) is 1.52. The molecule has 1 saturated heterocycles. The number of rotatable bonds is 3. The second kappa shape index (κ2) is 7.77. The number of piperazine rings is 1. The Morgan fingerprint density at radius 3 is 2.34 bits per heavy atom. The number of hydrogen-bond donors (Lipinski definition) is 0. The van der Waals surface area contributed by atoms with Crippen LogP contribution in [0.15, 0.2) is 42.5 Å². The SMILES string of the molecule is COc1ccc(C)cc1N1CCN(C(=O)c2ccc(C(F)(F)F)cc2)[C@@H](C)C1=O. The van der Waals surface area contributed by atoms with Gasteiger partial charge in [0.25, 0.3) is 5.91 Å². The standard InChI is InChI=1S/C21H21F3N2O3/c1-13-4-9-18(29-3)17(12-13)26-11-10-25(14(2)19(26)27)20(28)15-5-7-16(8-6-15)21(22,23)24/h4-9,12,14H,10-11H2,1-3H3/t14-/m0/s1. The van der Waals surface area contributed by atoms with Gasteiger partial charge in [-0.1, -0.05) is 6.07 Å². The zero-order valence-electron chi connectivity index (χ0n) is 16.3. The van der Waals surface area contributed by atoms with Gasteiger partial charge in [0.05, 0.1) is 18.4 Å². The number of hydrogen-bond acceptors (Lipinski definition) is 3. The molecule has 0 aliphatic carbocycles. The van der Waals surface area contributed by atoms with Crippen LogP contribution in [0.3, 0.4) is 0 Å². The Kier molecular flexibility index (Phi) is 5.55. The Balaban J connectivity index is 1.81. The van der Waals surface area contributed by atoms with Gasteiger partial charge in [0.1, 0.15) is 11.8 Å². The van der Waals surface area contributed by atoms with E-state index in [2.05, 4.69) is 0 Å². The number of aryl methyl sites for hydroxylation is 1. The Morgan fingerprint density at radius 1 is 1.10 bits per heavy atom. The van der Waals surface area contributed by atoms with Crippen molar-refractivity contribution in [3.63, 3.8) is 0 Å². The average Bonchev–Trinajstić information content (AvgIpc) is 2.69. The topological polar surface area (TPSA) is 49.9 Å². The van der Waals surface area contributed by atoms with Gasteiger partial charge in [0.15, 0.2) is 0 Å². The van der Waals surface area contributed by atoms with Crippen LogP contribution in [0, 0.1) is 6.92 Å². The maximum Gasteiger partial charge on any atom is 0.416 e. The minimum atomic E-state index is -4.47. The van der Waals surface area contributed by atoms with Crippen molar-refractivity contribution in [1.82, 2.24) is 4.90 Å². The molecule has 1 atom stereocenters. The molecule has 154 valence electrons. The van der Waals surface area contributed by atoms with Crippen molar-refractivity contribution in [2.24, 2.45) is 0 Å². The highest BCUT2D eigenvalue weighted by Gasteiger charge is 2.37. The van der Waals surface area contributed by atoms with Crippen molar-refractivity contribution in [2.75, 3.05) is 25.1 Å². The van der Waals surface area contributed by atoms with Crippen molar-refractivity contribution in [2.45, 2.75) is 26.1 Å². The highest BCUT2D eigenvalue weighted by molar-refractivity contribution is 6.04. The molecule has 2 amide bonds. The molecular weight excluding hydrogens is 385 g/mol. The van der Waals surface area contributed by atoms with Gasteiger partial charge < -0.3 is 14.5 Å². The summed E-state index contributed by atoms with van der Waals surface area (Å²) in [5.41, 5.74) is 0.879. The molecule has 2 aromatic rings. The predicted molar refractivity (Wildman–Crippen MR) is 102 cm³/mol. The summed E-state index contributed by atoms with van der Waals surface area (Å²) in [5, 5.41) is 0. The van der Waals surface area contributed by atoms with E-state index in [1.54, 1.807) is 17.9 Å². The molecule has 0 unspecified atom stereocenters. The summed E-state index contributed by atoms with van der Waals surface area (Å²) >= 11 is 0. The van der Waals surface area contributed by atoms with Crippen LogP contribution in [0.25, 0.3) is 0 Å². The van der Waals surface area contributed by atoms with Crippen LogP contribution in [0.1, 0.15) is 28.4 Å². The summed E-state index contributed by atoms with van der Waals surface area (Å²) < 4.78 is 43.5. The number of amides is 2. The number of carbonyl (C=O) groups excluding carboxylic acids is 2. The summed E-state index contributed by atoms with van der Waals surface area (Å²) in [6.07, 6.45) is -4.47. The molecule has 8 heteroatoms. The van der Waals surface area contributed by atoms with E-state index in [4.69, 9.17) is 4.74 Å². The van der Waals surface area contributed by atoms with Crippen LogP contribution < -0.4 is 9.64 Å². The molecule has 0 spiro atoms. The molecule has 3 rings (SSSR count). The maximum atomic E-state index is 13.0. The van der Waals surface area contributed by atoms with Crippen LogP contribution in [0.4, 0.5) is 18.9 Å². The molecule has 1 aliphatic rings. The van der Waals surface area contributed by atoms with Crippen LogP contribution >= 0.6 is 0 Å². The largest absolute Gasteiger partial charge is 0.495 e. The van der Waals surface area contributed by atoms with Crippen molar-refractivity contribution in [1.29, 1.82) is 0 Å². The zero-order chi connectivity index (χ0) is 21.3. The molecule has 0 N–H and O–H groups in total. The van der Waals surface area contributed by atoms with Crippen LogP contribution in [0.5, 0.6) is 5.75 Å². The van der Waals surface area contributed by atoms with Gasteiger partial charge in [-0.3, -0.25) is 9.59 Å². The number of carbonyl (C=O) groups is 2. The molecule has 0 radical (unpaired) electrons. The molecular formula is C21H21F3N2O3. The number of alkyl halides is 3. The quantitative estimate of drug-likeness (QED) is 0.777. The number of nitrogens with zero attached hydrogens (tertiary/aromatic N) is 2. The number of methoxy groups -OCH3 is 1. The van der Waals surface area contributed by atoms with Crippen molar-refractivity contribution < 1.29 is 27.5 Å². The second-order valence-corrected chi connectivity index (χ2v) is 6.91. The lowest BCUT2D eigenvalue weighted by molar-refractivity contribution is -0.137. The molecule has 1 fully saturated rings. The predicted octanol–water partition coefficient (Wildman–Crippen LogP) is 3.90. The highest BCUT2D eigenvalue weighted by atomic mass is 19.4. The Hall–Kier alpha value is -3.03. The molecule has 0 bridgehead atoms. The number of anilines is 1.